The lowest BCUT2D eigenvalue weighted by atomic mass is 9.75. The molecule has 2 aliphatic rings. The average Bonchev–Trinajstić information content (AvgIpc) is 2.87. The van der Waals surface area contributed by atoms with Gasteiger partial charge in [0.05, 0.1) is 25.7 Å². The van der Waals surface area contributed by atoms with Crippen molar-refractivity contribution in [1.82, 2.24) is 4.90 Å². The highest BCUT2D eigenvalue weighted by molar-refractivity contribution is 5.92. The zero-order valence-electron chi connectivity index (χ0n) is 21.2. The fourth-order valence-electron chi connectivity index (χ4n) is 5.04. The fraction of sp³-hybridized carbons (Fsp3) is 0.517. The normalized spacial score (nSPS) is 20.8. The summed E-state index contributed by atoms with van der Waals surface area (Å²) in [5.41, 5.74) is 2.64. The monoisotopic (exact) mass is 478 g/mol. The Kier molecular flexibility index (Phi) is 8.11. The highest BCUT2D eigenvalue weighted by Crippen LogP contribution is 2.39. The van der Waals surface area contributed by atoms with Crippen molar-refractivity contribution >= 4 is 17.7 Å². The first-order valence-electron chi connectivity index (χ1n) is 12.8. The Balaban J connectivity index is 1.51. The molecule has 2 unspecified atom stereocenters. The van der Waals surface area contributed by atoms with E-state index in [-0.39, 0.29) is 23.8 Å². The average molecular weight is 479 g/mol. The van der Waals surface area contributed by atoms with Crippen LogP contribution in [0, 0.1) is 5.92 Å². The Bertz CT molecular complexity index is 978. The third-order valence-corrected chi connectivity index (χ3v) is 6.80. The van der Waals surface area contributed by atoms with Gasteiger partial charge in [0.1, 0.15) is 5.60 Å². The van der Waals surface area contributed by atoms with E-state index in [0.29, 0.717) is 32.8 Å². The van der Waals surface area contributed by atoms with Gasteiger partial charge < -0.3 is 14.4 Å². The first-order chi connectivity index (χ1) is 16.8. The number of nitrogens with zero attached hydrogens (tertiary/aromatic N) is 2. The van der Waals surface area contributed by atoms with E-state index in [4.69, 9.17) is 9.47 Å². The van der Waals surface area contributed by atoms with Crippen LogP contribution in [0.5, 0.6) is 0 Å². The molecule has 1 aliphatic carbocycles. The number of morpholine rings is 1. The van der Waals surface area contributed by atoms with E-state index in [0.717, 1.165) is 36.9 Å². The van der Waals surface area contributed by atoms with E-state index < -0.39 is 5.60 Å². The van der Waals surface area contributed by atoms with Crippen molar-refractivity contribution < 1.29 is 19.1 Å². The maximum atomic E-state index is 13.4. The van der Waals surface area contributed by atoms with Gasteiger partial charge in [-0.3, -0.25) is 9.69 Å². The maximum absolute atomic E-state index is 13.4. The molecule has 0 bridgehead atoms. The molecule has 0 spiro atoms. The van der Waals surface area contributed by atoms with Crippen LogP contribution in [-0.2, 0) is 20.8 Å². The Hall–Kier alpha value is -2.86. The lowest BCUT2D eigenvalue weighted by molar-refractivity contribution is -0.161. The third-order valence-electron chi connectivity index (χ3n) is 6.80. The molecule has 1 saturated carbocycles. The lowest BCUT2D eigenvalue weighted by Gasteiger charge is -2.33. The number of esters is 1. The number of ether oxygens (including phenoxy) is 2. The molecule has 0 aromatic heterocycles. The molecule has 1 saturated heterocycles. The number of hydrogen-bond donors (Lipinski definition) is 0. The molecule has 2 amide bonds. The summed E-state index contributed by atoms with van der Waals surface area (Å²) in [5.74, 6) is -0.0111. The molecule has 2 atom stereocenters. The topological polar surface area (TPSA) is 59.1 Å². The summed E-state index contributed by atoms with van der Waals surface area (Å²) in [6, 6.07) is 18.3. The van der Waals surface area contributed by atoms with Crippen LogP contribution in [0.25, 0.3) is 0 Å². The quantitative estimate of drug-likeness (QED) is 0.513. The van der Waals surface area contributed by atoms with Crippen molar-refractivity contribution in [2.75, 3.05) is 31.2 Å². The molecule has 0 radical (unpaired) electrons. The van der Waals surface area contributed by atoms with Gasteiger partial charge in [-0.1, -0.05) is 55.3 Å². The van der Waals surface area contributed by atoms with Gasteiger partial charge in [0, 0.05) is 18.8 Å². The summed E-state index contributed by atoms with van der Waals surface area (Å²) in [6.07, 6.45) is 4.06. The van der Waals surface area contributed by atoms with E-state index >= 15 is 0 Å². The van der Waals surface area contributed by atoms with Crippen LogP contribution in [0.4, 0.5) is 10.5 Å². The van der Waals surface area contributed by atoms with Gasteiger partial charge >= 0.3 is 12.0 Å². The Morgan fingerprint density at radius 1 is 0.971 bits per heavy atom. The number of benzene rings is 2. The van der Waals surface area contributed by atoms with Gasteiger partial charge in [0.25, 0.3) is 0 Å². The summed E-state index contributed by atoms with van der Waals surface area (Å²) >= 11 is 0. The first-order valence-corrected chi connectivity index (χ1v) is 12.8. The van der Waals surface area contributed by atoms with Crippen LogP contribution in [0.2, 0.25) is 0 Å². The molecule has 0 N–H and O–H groups in total. The molecule has 2 fully saturated rings. The van der Waals surface area contributed by atoms with E-state index in [2.05, 4.69) is 24.3 Å². The van der Waals surface area contributed by atoms with Crippen molar-refractivity contribution in [3.63, 3.8) is 0 Å². The predicted octanol–water partition coefficient (Wildman–Crippen LogP) is 5.76. The minimum atomic E-state index is -0.475. The number of para-hydroxylation sites is 1. The van der Waals surface area contributed by atoms with Crippen LogP contribution < -0.4 is 4.90 Å². The van der Waals surface area contributed by atoms with Gasteiger partial charge in [-0.15, -0.1) is 0 Å². The number of urea groups is 1. The van der Waals surface area contributed by atoms with E-state index in [1.54, 1.807) is 0 Å². The van der Waals surface area contributed by atoms with Crippen molar-refractivity contribution in [2.45, 2.75) is 64.5 Å². The zero-order valence-corrected chi connectivity index (χ0v) is 21.2. The summed E-state index contributed by atoms with van der Waals surface area (Å²) in [7, 11) is 0. The number of carbonyl (C=O) groups is 2. The highest BCUT2D eigenvalue weighted by atomic mass is 16.6. The second kappa shape index (κ2) is 11.3. The second-order valence-electron chi connectivity index (χ2n) is 10.6. The van der Waals surface area contributed by atoms with Gasteiger partial charge in [0.2, 0.25) is 0 Å². The van der Waals surface area contributed by atoms with Gasteiger partial charge in [-0.2, -0.15) is 0 Å². The fourth-order valence-corrected chi connectivity index (χ4v) is 5.04. The van der Waals surface area contributed by atoms with Gasteiger partial charge in [0.15, 0.2) is 0 Å². The minimum absolute atomic E-state index is 0.000784. The Labute approximate surface area is 209 Å². The molecule has 2 aromatic carbocycles. The molecule has 6 nitrogen and oxygen atoms in total. The van der Waals surface area contributed by atoms with Gasteiger partial charge in [-0.25, -0.2) is 4.79 Å². The number of anilines is 1. The number of amides is 2. The predicted molar refractivity (Wildman–Crippen MR) is 137 cm³/mol. The van der Waals surface area contributed by atoms with Crippen LogP contribution in [0.1, 0.15) is 63.5 Å². The van der Waals surface area contributed by atoms with Crippen molar-refractivity contribution in [2.24, 2.45) is 5.92 Å². The first kappa shape index (κ1) is 25.2. The van der Waals surface area contributed by atoms with Crippen LogP contribution in [0.15, 0.2) is 54.6 Å². The largest absolute Gasteiger partial charge is 0.460 e. The summed E-state index contributed by atoms with van der Waals surface area (Å²) in [6.45, 7) is 8.62. The van der Waals surface area contributed by atoms with E-state index in [9.17, 15) is 9.59 Å². The zero-order chi connectivity index (χ0) is 24.8. The molecular formula is C29H38N2O4. The molecule has 1 aliphatic heterocycles. The standard InChI is InChI=1S/C29H38N2O4/c1-29(2,3)35-27(32)26-12-8-7-11-25(26)23-15-13-22(14-16-23)21-31(24-9-5-4-6-10-24)28(33)30-17-19-34-20-18-30/h4-6,9-10,13-16,25-26H,7-8,11-12,17-21H2,1-3H3. The van der Waals surface area contributed by atoms with Gasteiger partial charge in [-0.05, 0) is 62.8 Å². The summed E-state index contributed by atoms with van der Waals surface area (Å²) in [5, 5.41) is 0. The smallest absolute Gasteiger partial charge is 0.324 e. The van der Waals surface area contributed by atoms with Crippen LogP contribution >= 0.6 is 0 Å². The molecule has 35 heavy (non-hydrogen) atoms. The molecular weight excluding hydrogens is 440 g/mol. The number of rotatable bonds is 5. The molecule has 6 heteroatoms. The minimum Gasteiger partial charge on any atom is -0.460 e. The van der Waals surface area contributed by atoms with Crippen molar-refractivity contribution in [3.05, 3.63) is 65.7 Å². The third kappa shape index (κ3) is 6.63. The van der Waals surface area contributed by atoms with Crippen molar-refractivity contribution in [3.8, 4) is 0 Å². The lowest BCUT2D eigenvalue weighted by Crippen LogP contribution is -2.48. The van der Waals surface area contributed by atoms with Crippen molar-refractivity contribution in [1.29, 1.82) is 0 Å². The van der Waals surface area contributed by atoms with E-state index in [1.165, 1.54) is 5.56 Å². The molecule has 4 rings (SSSR count). The number of carbonyl (C=O) groups excluding carboxylic acids is 2. The molecule has 2 aromatic rings. The number of hydrogen-bond acceptors (Lipinski definition) is 4. The summed E-state index contributed by atoms with van der Waals surface area (Å²) < 4.78 is 11.2. The Morgan fingerprint density at radius 3 is 2.29 bits per heavy atom. The van der Waals surface area contributed by atoms with Crippen LogP contribution in [0.3, 0.4) is 0 Å². The second-order valence-corrected chi connectivity index (χ2v) is 10.6. The van der Waals surface area contributed by atoms with Crippen LogP contribution in [-0.4, -0.2) is 48.8 Å². The SMILES string of the molecule is CC(C)(C)OC(=O)C1CCCCC1c1ccc(CN(C(=O)N2CCOCC2)c2ccccc2)cc1. The molecule has 188 valence electrons. The van der Waals surface area contributed by atoms with E-state index in [1.807, 2.05) is 60.9 Å². The molecule has 1 heterocycles. The summed E-state index contributed by atoms with van der Waals surface area (Å²) in [4.78, 5) is 30.0. The maximum Gasteiger partial charge on any atom is 0.324 e. The highest BCUT2D eigenvalue weighted by Gasteiger charge is 2.35. The Morgan fingerprint density at radius 2 is 1.63 bits per heavy atom.